The van der Waals surface area contributed by atoms with Gasteiger partial charge in [-0.3, -0.25) is 0 Å². The van der Waals surface area contributed by atoms with Gasteiger partial charge in [-0.2, -0.15) is 0 Å². The molecular formula is C17H13N3. The molecule has 2 aliphatic rings. The van der Waals surface area contributed by atoms with Crippen molar-refractivity contribution in [1.82, 2.24) is 0 Å². The van der Waals surface area contributed by atoms with Crippen LogP contribution in [0.1, 0.15) is 5.56 Å². The smallest absolute Gasteiger partial charge is 0.161 e. The Morgan fingerprint density at radius 1 is 0.850 bits per heavy atom. The van der Waals surface area contributed by atoms with E-state index in [1.54, 1.807) is 0 Å². The Morgan fingerprint density at radius 2 is 1.50 bits per heavy atom. The SMILES string of the molecule is CN1C=CC(=C2N=c3ccccc3=N2)c2ccccc21. The minimum atomic E-state index is 0.794. The molecule has 0 amide bonds. The molecule has 3 nitrogen and oxygen atoms in total. The number of hydrogen-bond donors (Lipinski definition) is 0. The number of allylic oxidation sites excluding steroid dienone is 2. The Hall–Kier alpha value is -2.68. The lowest BCUT2D eigenvalue weighted by atomic mass is 10.0. The first-order chi connectivity index (χ1) is 9.83. The van der Waals surface area contributed by atoms with Crippen molar-refractivity contribution in [2.75, 3.05) is 11.9 Å². The second kappa shape index (κ2) is 4.17. The Kier molecular flexibility index (Phi) is 2.33. The maximum absolute atomic E-state index is 4.64. The normalized spacial score (nSPS) is 15.6. The fraction of sp³-hybridized carbons (Fsp3) is 0.0588. The molecule has 2 aliphatic heterocycles. The first-order valence-electron chi connectivity index (χ1n) is 6.60. The predicted octanol–water partition coefficient (Wildman–Crippen LogP) is 2.27. The summed E-state index contributed by atoms with van der Waals surface area (Å²) in [5, 5.41) is 1.89. The van der Waals surface area contributed by atoms with Gasteiger partial charge in [0.25, 0.3) is 0 Å². The topological polar surface area (TPSA) is 28.0 Å². The summed E-state index contributed by atoms with van der Waals surface area (Å²) in [6.45, 7) is 0. The number of rotatable bonds is 0. The van der Waals surface area contributed by atoms with Gasteiger partial charge < -0.3 is 4.90 Å². The zero-order valence-corrected chi connectivity index (χ0v) is 11.1. The summed E-state index contributed by atoms with van der Waals surface area (Å²) >= 11 is 0. The molecule has 4 rings (SSSR count). The third-order valence-corrected chi connectivity index (χ3v) is 3.61. The molecule has 96 valence electrons. The minimum Gasteiger partial charge on any atom is -0.351 e. The molecule has 0 aromatic heterocycles. The van der Waals surface area contributed by atoms with Crippen LogP contribution in [0.2, 0.25) is 0 Å². The highest BCUT2D eigenvalue weighted by Gasteiger charge is 2.17. The molecule has 0 aliphatic carbocycles. The second-order valence-electron chi connectivity index (χ2n) is 4.89. The van der Waals surface area contributed by atoms with E-state index in [4.69, 9.17) is 0 Å². The first kappa shape index (κ1) is 11.2. The lowest BCUT2D eigenvalue weighted by Crippen LogP contribution is -2.19. The molecular weight excluding hydrogens is 246 g/mol. The largest absolute Gasteiger partial charge is 0.351 e. The number of para-hydroxylation sites is 3. The highest BCUT2D eigenvalue weighted by molar-refractivity contribution is 5.87. The average Bonchev–Trinajstić information content (AvgIpc) is 2.91. The van der Waals surface area contributed by atoms with Gasteiger partial charge in [0.2, 0.25) is 0 Å². The van der Waals surface area contributed by atoms with Crippen LogP contribution in [0.15, 0.2) is 76.6 Å². The van der Waals surface area contributed by atoms with E-state index in [9.17, 15) is 0 Å². The molecule has 0 spiro atoms. The van der Waals surface area contributed by atoms with Gasteiger partial charge in [0.05, 0.1) is 10.7 Å². The Morgan fingerprint density at radius 3 is 2.25 bits per heavy atom. The van der Waals surface area contributed by atoms with Crippen LogP contribution in [0.3, 0.4) is 0 Å². The van der Waals surface area contributed by atoms with Gasteiger partial charge in [-0.15, -0.1) is 0 Å². The quantitative estimate of drug-likeness (QED) is 0.713. The molecule has 0 saturated carbocycles. The average molecular weight is 259 g/mol. The number of fused-ring (bicyclic) bond motifs is 2. The molecule has 0 bridgehead atoms. The summed E-state index contributed by atoms with van der Waals surface area (Å²) in [6.07, 6.45) is 4.13. The van der Waals surface area contributed by atoms with Crippen LogP contribution < -0.4 is 15.6 Å². The van der Waals surface area contributed by atoms with Gasteiger partial charge >= 0.3 is 0 Å². The summed E-state index contributed by atoms with van der Waals surface area (Å²) in [5.41, 5.74) is 3.43. The molecule has 2 aromatic carbocycles. The lowest BCUT2D eigenvalue weighted by molar-refractivity contribution is 1.16. The van der Waals surface area contributed by atoms with E-state index in [0.717, 1.165) is 22.1 Å². The summed E-state index contributed by atoms with van der Waals surface area (Å²) in [7, 11) is 2.05. The van der Waals surface area contributed by atoms with E-state index in [1.165, 1.54) is 11.3 Å². The summed E-state index contributed by atoms with van der Waals surface area (Å²) < 4.78 is 0. The minimum absolute atomic E-state index is 0.794. The van der Waals surface area contributed by atoms with Crippen molar-refractivity contribution in [3.63, 3.8) is 0 Å². The Balaban J connectivity index is 1.99. The van der Waals surface area contributed by atoms with Gasteiger partial charge in [0.15, 0.2) is 5.82 Å². The lowest BCUT2D eigenvalue weighted by Gasteiger charge is -2.23. The van der Waals surface area contributed by atoms with Crippen LogP contribution in [0, 0.1) is 0 Å². The van der Waals surface area contributed by atoms with Crippen molar-refractivity contribution >= 4 is 11.3 Å². The molecule has 2 aromatic rings. The predicted molar refractivity (Wildman–Crippen MR) is 79.7 cm³/mol. The van der Waals surface area contributed by atoms with Crippen LogP contribution in [0.25, 0.3) is 5.57 Å². The second-order valence-corrected chi connectivity index (χ2v) is 4.89. The van der Waals surface area contributed by atoms with Crippen LogP contribution in [0.4, 0.5) is 5.69 Å². The standard InChI is InChI=1S/C17H13N3/c1-20-11-10-13(12-6-2-5-9-16(12)20)17-18-14-7-3-4-8-15(14)19-17/h2-11H,1H3. The zero-order valence-electron chi connectivity index (χ0n) is 11.1. The highest BCUT2D eigenvalue weighted by Crippen LogP contribution is 2.34. The molecule has 0 fully saturated rings. The zero-order chi connectivity index (χ0) is 13.5. The third-order valence-electron chi connectivity index (χ3n) is 3.61. The molecule has 20 heavy (non-hydrogen) atoms. The maximum Gasteiger partial charge on any atom is 0.161 e. The van der Waals surface area contributed by atoms with Crippen LogP contribution in [-0.2, 0) is 0 Å². The van der Waals surface area contributed by atoms with E-state index in [-0.39, 0.29) is 0 Å². The maximum atomic E-state index is 4.64. The fourth-order valence-electron chi connectivity index (χ4n) is 2.59. The van der Waals surface area contributed by atoms with E-state index < -0.39 is 0 Å². The van der Waals surface area contributed by atoms with Crippen LogP contribution in [0.5, 0.6) is 0 Å². The molecule has 3 heteroatoms. The summed E-state index contributed by atoms with van der Waals surface area (Å²) in [5.74, 6) is 0.794. The Labute approximate surface area is 116 Å². The molecule has 0 unspecified atom stereocenters. The molecule has 0 saturated heterocycles. The number of benzene rings is 2. The Bertz CT molecular complexity index is 838. The number of anilines is 1. The van der Waals surface area contributed by atoms with Crippen molar-refractivity contribution in [3.05, 3.63) is 82.9 Å². The van der Waals surface area contributed by atoms with Gasteiger partial charge in [-0.05, 0) is 24.3 Å². The van der Waals surface area contributed by atoms with Gasteiger partial charge in [-0.1, -0.05) is 30.3 Å². The van der Waals surface area contributed by atoms with Crippen LogP contribution >= 0.6 is 0 Å². The van der Waals surface area contributed by atoms with Crippen LogP contribution in [-0.4, -0.2) is 7.05 Å². The molecule has 0 atom stereocenters. The summed E-state index contributed by atoms with van der Waals surface area (Å²) in [4.78, 5) is 11.4. The van der Waals surface area contributed by atoms with E-state index in [1.807, 2.05) is 24.3 Å². The number of hydrogen-bond acceptors (Lipinski definition) is 3. The van der Waals surface area contributed by atoms with Gasteiger partial charge in [0, 0.05) is 30.1 Å². The fourth-order valence-corrected chi connectivity index (χ4v) is 2.59. The van der Waals surface area contributed by atoms with Crippen molar-refractivity contribution in [3.8, 4) is 0 Å². The monoisotopic (exact) mass is 259 g/mol. The van der Waals surface area contributed by atoms with Gasteiger partial charge in [-0.25, -0.2) is 9.98 Å². The third kappa shape index (κ3) is 1.60. The van der Waals surface area contributed by atoms with Gasteiger partial charge in [0.1, 0.15) is 0 Å². The summed E-state index contributed by atoms with van der Waals surface area (Å²) in [6, 6.07) is 16.3. The number of nitrogens with zero attached hydrogens (tertiary/aromatic N) is 3. The van der Waals surface area contributed by atoms with E-state index in [0.29, 0.717) is 0 Å². The van der Waals surface area contributed by atoms with Crippen molar-refractivity contribution in [2.45, 2.75) is 0 Å². The van der Waals surface area contributed by atoms with Crippen molar-refractivity contribution in [1.29, 1.82) is 0 Å². The van der Waals surface area contributed by atoms with Crippen molar-refractivity contribution in [2.24, 2.45) is 9.98 Å². The molecule has 0 N–H and O–H groups in total. The molecule has 0 radical (unpaired) electrons. The van der Waals surface area contributed by atoms with E-state index in [2.05, 4.69) is 58.5 Å². The molecule has 2 heterocycles. The highest BCUT2D eigenvalue weighted by atomic mass is 15.1. The van der Waals surface area contributed by atoms with E-state index >= 15 is 0 Å². The van der Waals surface area contributed by atoms with Crippen molar-refractivity contribution < 1.29 is 0 Å². The first-order valence-corrected chi connectivity index (χ1v) is 6.60.